The number of carbonyl (C=O) groups excluding carboxylic acids is 1. The van der Waals surface area contributed by atoms with Crippen molar-refractivity contribution < 1.29 is 9.32 Å². The summed E-state index contributed by atoms with van der Waals surface area (Å²) in [6.45, 7) is 5.76. The van der Waals surface area contributed by atoms with Gasteiger partial charge in [0, 0.05) is 37.0 Å². The molecule has 5 heteroatoms. The monoisotopic (exact) mass is 367 g/mol. The van der Waals surface area contributed by atoms with Gasteiger partial charge >= 0.3 is 0 Å². The second-order valence-corrected chi connectivity index (χ2v) is 7.95. The van der Waals surface area contributed by atoms with Crippen LogP contribution in [-0.4, -0.2) is 34.0 Å². The van der Waals surface area contributed by atoms with Gasteiger partial charge in [0.05, 0.1) is 17.0 Å². The SMILES string of the molecule is CCc1onc(C)c1-c1cccc(C2CCN(C(=O)C3CCCC3)CC2)n1. The van der Waals surface area contributed by atoms with E-state index in [1.165, 1.54) is 12.8 Å². The second-order valence-electron chi connectivity index (χ2n) is 7.95. The molecule has 3 heterocycles. The van der Waals surface area contributed by atoms with Crippen LogP contribution < -0.4 is 0 Å². The topological polar surface area (TPSA) is 59.2 Å². The van der Waals surface area contributed by atoms with Crippen LogP contribution in [0, 0.1) is 12.8 Å². The second kappa shape index (κ2) is 7.83. The minimum atomic E-state index is 0.284. The largest absolute Gasteiger partial charge is 0.360 e. The van der Waals surface area contributed by atoms with Gasteiger partial charge < -0.3 is 9.42 Å². The van der Waals surface area contributed by atoms with E-state index < -0.39 is 0 Å². The molecule has 2 aromatic heterocycles. The number of aromatic nitrogens is 2. The van der Waals surface area contributed by atoms with Gasteiger partial charge in [-0.1, -0.05) is 31.0 Å². The third kappa shape index (κ3) is 3.64. The van der Waals surface area contributed by atoms with Gasteiger partial charge in [-0.05, 0) is 44.7 Å². The summed E-state index contributed by atoms with van der Waals surface area (Å²) in [7, 11) is 0. The Morgan fingerprint density at radius 1 is 1.19 bits per heavy atom. The quantitative estimate of drug-likeness (QED) is 0.798. The molecule has 0 radical (unpaired) electrons. The molecular formula is C22H29N3O2. The molecule has 0 aromatic carbocycles. The number of piperidine rings is 1. The number of rotatable bonds is 4. The fourth-order valence-electron chi connectivity index (χ4n) is 4.63. The summed E-state index contributed by atoms with van der Waals surface area (Å²) in [5, 5.41) is 4.11. The molecule has 0 N–H and O–H groups in total. The molecule has 1 saturated carbocycles. The first-order valence-electron chi connectivity index (χ1n) is 10.4. The molecule has 2 fully saturated rings. The normalized spacial score (nSPS) is 19.0. The van der Waals surface area contributed by atoms with E-state index in [4.69, 9.17) is 9.51 Å². The zero-order valence-electron chi connectivity index (χ0n) is 16.4. The Bertz CT molecular complexity index is 800. The maximum absolute atomic E-state index is 12.7. The molecule has 0 atom stereocenters. The Hall–Kier alpha value is -2.17. The van der Waals surface area contributed by atoms with Crippen LogP contribution in [0.5, 0.6) is 0 Å². The third-order valence-electron chi connectivity index (χ3n) is 6.21. The standard InChI is InChI=1S/C22H29N3O2/c1-3-20-21(15(2)24-27-20)19-10-6-9-18(23-19)16-11-13-25(14-12-16)22(26)17-7-4-5-8-17/h6,9-10,16-17H,3-5,7-8,11-14H2,1-2H3. The molecule has 2 aromatic rings. The molecule has 2 aliphatic rings. The van der Waals surface area contributed by atoms with E-state index in [0.717, 1.165) is 73.6 Å². The highest BCUT2D eigenvalue weighted by atomic mass is 16.5. The van der Waals surface area contributed by atoms with Crippen LogP contribution >= 0.6 is 0 Å². The van der Waals surface area contributed by atoms with Gasteiger partial charge in [-0.25, -0.2) is 0 Å². The smallest absolute Gasteiger partial charge is 0.225 e. The van der Waals surface area contributed by atoms with Crippen molar-refractivity contribution >= 4 is 5.91 Å². The van der Waals surface area contributed by atoms with Crippen molar-refractivity contribution in [1.82, 2.24) is 15.0 Å². The van der Waals surface area contributed by atoms with Crippen LogP contribution in [0.1, 0.15) is 68.5 Å². The van der Waals surface area contributed by atoms with Crippen molar-refractivity contribution in [2.75, 3.05) is 13.1 Å². The van der Waals surface area contributed by atoms with Crippen LogP contribution in [-0.2, 0) is 11.2 Å². The summed E-state index contributed by atoms with van der Waals surface area (Å²) >= 11 is 0. The number of hydrogen-bond donors (Lipinski definition) is 0. The van der Waals surface area contributed by atoms with E-state index >= 15 is 0 Å². The van der Waals surface area contributed by atoms with Crippen molar-refractivity contribution in [1.29, 1.82) is 0 Å². The molecule has 1 amide bonds. The van der Waals surface area contributed by atoms with Crippen LogP contribution in [0.2, 0.25) is 0 Å². The highest BCUT2D eigenvalue weighted by Gasteiger charge is 2.30. The van der Waals surface area contributed by atoms with Gasteiger partial charge in [-0.2, -0.15) is 0 Å². The summed E-state index contributed by atoms with van der Waals surface area (Å²) in [4.78, 5) is 19.7. The molecule has 0 spiro atoms. The van der Waals surface area contributed by atoms with E-state index in [1.807, 2.05) is 13.0 Å². The molecule has 1 saturated heterocycles. The van der Waals surface area contributed by atoms with Gasteiger partial charge in [0.15, 0.2) is 0 Å². The number of pyridine rings is 1. The van der Waals surface area contributed by atoms with Gasteiger partial charge in [0.1, 0.15) is 5.76 Å². The molecule has 5 nitrogen and oxygen atoms in total. The molecule has 27 heavy (non-hydrogen) atoms. The molecule has 4 rings (SSSR count). The maximum atomic E-state index is 12.7. The van der Waals surface area contributed by atoms with Crippen molar-refractivity contribution in [2.45, 2.75) is 64.7 Å². The van der Waals surface area contributed by atoms with Crippen molar-refractivity contribution in [3.05, 3.63) is 35.3 Å². The Balaban J connectivity index is 1.46. The Labute approximate surface area is 161 Å². The summed E-state index contributed by atoms with van der Waals surface area (Å²) in [6, 6.07) is 6.25. The van der Waals surface area contributed by atoms with Crippen LogP contribution in [0.3, 0.4) is 0 Å². The van der Waals surface area contributed by atoms with Gasteiger partial charge in [0.25, 0.3) is 0 Å². The highest BCUT2D eigenvalue weighted by Crippen LogP contribution is 2.33. The molecule has 0 bridgehead atoms. The lowest BCUT2D eigenvalue weighted by Gasteiger charge is -2.33. The zero-order valence-corrected chi connectivity index (χ0v) is 16.4. The molecule has 144 valence electrons. The first-order valence-corrected chi connectivity index (χ1v) is 10.4. The van der Waals surface area contributed by atoms with Crippen LogP contribution in [0.15, 0.2) is 22.7 Å². The zero-order chi connectivity index (χ0) is 18.8. The summed E-state index contributed by atoms with van der Waals surface area (Å²) in [5.41, 5.74) is 4.01. The minimum Gasteiger partial charge on any atom is -0.360 e. The van der Waals surface area contributed by atoms with Crippen molar-refractivity contribution in [3.8, 4) is 11.3 Å². The van der Waals surface area contributed by atoms with E-state index in [0.29, 0.717) is 11.8 Å². The maximum Gasteiger partial charge on any atom is 0.225 e. The predicted octanol–water partition coefficient (Wildman–Crippen LogP) is 4.50. The minimum absolute atomic E-state index is 0.284. The van der Waals surface area contributed by atoms with Crippen molar-refractivity contribution in [3.63, 3.8) is 0 Å². The number of nitrogens with zero attached hydrogens (tertiary/aromatic N) is 3. The first-order chi connectivity index (χ1) is 13.2. The van der Waals surface area contributed by atoms with E-state index in [1.54, 1.807) is 0 Å². The fourth-order valence-corrected chi connectivity index (χ4v) is 4.63. The van der Waals surface area contributed by atoms with Crippen molar-refractivity contribution in [2.24, 2.45) is 5.92 Å². The van der Waals surface area contributed by atoms with E-state index in [9.17, 15) is 4.79 Å². The molecule has 1 aliphatic carbocycles. The lowest BCUT2D eigenvalue weighted by atomic mass is 9.91. The number of amides is 1. The number of carbonyl (C=O) groups is 1. The lowest BCUT2D eigenvalue weighted by molar-refractivity contribution is -0.136. The third-order valence-corrected chi connectivity index (χ3v) is 6.21. The van der Waals surface area contributed by atoms with Crippen LogP contribution in [0.4, 0.5) is 0 Å². The van der Waals surface area contributed by atoms with Gasteiger partial charge in [-0.15, -0.1) is 0 Å². The number of aryl methyl sites for hydroxylation is 2. The van der Waals surface area contributed by atoms with E-state index in [-0.39, 0.29) is 5.92 Å². The molecule has 0 unspecified atom stereocenters. The van der Waals surface area contributed by atoms with Crippen LogP contribution in [0.25, 0.3) is 11.3 Å². The highest BCUT2D eigenvalue weighted by molar-refractivity contribution is 5.79. The van der Waals surface area contributed by atoms with Gasteiger partial charge in [-0.3, -0.25) is 9.78 Å². The Morgan fingerprint density at radius 2 is 1.93 bits per heavy atom. The first kappa shape index (κ1) is 18.2. The Kier molecular flexibility index (Phi) is 5.28. The van der Waals surface area contributed by atoms with Gasteiger partial charge in [0.2, 0.25) is 5.91 Å². The van der Waals surface area contributed by atoms with E-state index in [2.05, 4.69) is 29.1 Å². The average Bonchev–Trinajstić information content (AvgIpc) is 3.37. The predicted molar refractivity (Wildman–Crippen MR) is 104 cm³/mol. The number of likely N-dealkylation sites (tertiary alicyclic amines) is 1. The summed E-state index contributed by atoms with van der Waals surface area (Å²) in [5.74, 6) is 1.99. The lowest BCUT2D eigenvalue weighted by Crippen LogP contribution is -2.40. The fraction of sp³-hybridized carbons (Fsp3) is 0.591. The molecule has 1 aliphatic heterocycles. The number of hydrogen-bond acceptors (Lipinski definition) is 4. The molecular weight excluding hydrogens is 338 g/mol. The Morgan fingerprint density at radius 3 is 2.63 bits per heavy atom. The summed E-state index contributed by atoms with van der Waals surface area (Å²) < 4.78 is 5.44. The average molecular weight is 367 g/mol. The summed E-state index contributed by atoms with van der Waals surface area (Å²) in [6.07, 6.45) is 7.40.